The van der Waals surface area contributed by atoms with E-state index in [0.29, 0.717) is 16.8 Å². The van der Waals surface area contributed by atoms with Crippen LogP contribution in [0.3, 0.4) is 0 Å². The van der Waals surface area contributed by atoms with Gasteiger partial charge >= 0.3 is 11.6 Å². The second kappa shape index (κ2) is 7.20. The smallest absolute Gasteiger partial charge is 0.342 e. The lowest BCUT2D eigenvalue weighted by Gasteiger charge is -2.12. The number of ether oxygens (including phenoxy) is 2. The molecule has 0 bridgehead atoms. The monoisotopic (exact) mass is 399 g/mol. The number of hydrogen-bond acceptors (Lipinski definition) is 6. The number of hydrogen-bond donors (Lipinski definition) is 1. The maximum absolute atomic E-state index is 12.6. The molecule has 1 aromatic heterocycles. The van der Waals surface area contributed by atoms with Crippen molar-refractivity contribution >= 4 is 34.2 Å². The van der Waals surface area contributed by atoms with Gasteiger partial charge in [-0.2, -0.15) is 0 Å². The van der Waals surface area contributed by atoms with Crippen molar-refractivity contribution < 1.29 is 18.7 Å². The Morgan fingerprint density at radius 2 is 1.93 bits per heavy atom. The number of carbonyl (C=O) groups excluding carboxylic acids is 1. The lowest BCUT2D eigenvalue weighted by Crippen LogP contribution is -2.10. The second-order valence-electron chi connectivity index (χ2n) is 6.71. The number of rotatable bonds is 4. The highest BCUT2D eigenvalue weighted by Crippen LogP contribution is 2.31. The van der Waals surface area contributed by atoms with Crippen molar-refractivity contribution in [2.45, 2.75) is 25.9 Å². The van der Waals surface area contributed by atoms with Crippen LogP contribution in [0.2, 0.25) is 5.02 Å². The van der Waals surface area contributed by atoms with E-state index < -0.39 is 11.6 Å². The van der Waals surface area contributed by atoms with E-state index >= 15 is 0 Å². The predicted octanol–water partition coefficient (Wildman–Crippen LogP) is 3.88. The number of anilines is 1. The van der Waals surface area contributed by atoms with E-state index in [0.717, 1.165) is 24.6 Å². The first-order chi connectivity index (χ1) is 13.5. The van der Waals surface area contributed by atoms with Gasteiger partial charge in [0.15, 0.2) is 0 Å². The van der Waals surface area contributed by atoms with Crippen LogP contribution < -0.4 is 16.1 Å². The van der Waals surface area contributed by atoms with Crippen molar-refractivity contribution in [2.24, 2.45) is 0 Å². The van der Waals surface area contributed by atoms with Crippen LogP contribution in [0.15, 0.2) is 39.5 Å². The number of fused-ring (bicyclic) bond motifs is 2. The summed E-state index contributed by atoms with van der Waals surface area (Å²) in [4.78, 5) is 24.5. The van der Waals surface area contributed by atoms with Gasteiger partial charge in [-0.25, -0.2) is 9.59 Å². The van der Waals surface area contributed by atoms with Crippen molar-refractivity contribution in [1.82, 2.24) is 0 Å². The van der Waals surface area contributed by atoms with E-state index in [2.05, 4.69) is 0 Å². The van der Waals surface area contributed by atoms with Gasteiger partial charge in [0.25, 0.3) is 0 Å². The molecule has 1 heterocycles. The molecule has 2 N–H and O–H groups in total. The fourth-order valence-electron chi connectivity index (χ4n) is 3.53. The molecule has 0 radical (unpaired) electrons. The van der Waals surface area contributed by atoms with E-state index in [-0.39, 0.29) is 22.9 Å². The normalized spacial score (nSPS) is 12.8. The summed E-state index contributed by atoms with van der Waals surface area (Å²) in [5.41, 5.74) is 9.26. The maximum Gasteiger partial charge on any atom is 0.342 e. The molecule has 6 nitrogen and oxygen atoms in total. The zero-order valence-corrected chi connectivity index (χ0v) is 16.0. The Balaban J connectivity index is 1.65. The van der Waals surface area contributed by atoms with Crippen molar-refractivity contribution in [3.05, 3.63) is 68.0 Å². The number of aryl methyl sites for hydroxylation is 2. The van der Waals surface area contributed by atoms with Gasteiger partial charge in [0.1, 0.15) is 23.5 Å². The Morgan fingerprint density at radius 3 is 2.68 bits per heavy atom. The summed E-state index contributed by atoms with van der Waals surface area (Å²) in [6, 6.07) is 8.15. The number of nitrogens with two attached hydrogens (primary N) is 1. The molecule has 3 aromatic rings. The minimum atomic E-state index is -0.624. The molecule has 1 aliphatic rings. The van der Waals surface area contributed by atoms with Crippen LogP contribution >= 0.6 is 11.6 Å². The number of benzene rings is 2. The molecule has 0 aliphatic heterocycles. The minimum Gasteiger partial charge on any atom is -0.496 e. The molecule has 28 heavy (non-hydrogen) atoms. The molecule has 0 saturated heterocycles. The average molecular weight is 400 g/mol. The van der Waals surface area contributed by atoms with Crippen molar-refractivity contribution in [1.29, 1.82) is 0 Å². The van der Waals surface area contributed by atoms with Crippen LogP contribution in [0.4, 0.5) is 5.69 Å². The summed E-state index contributed by atoms with van der Waals surface area (Å²) in [5, 5.41) is 1.00. The van der Waals surface area contributed by atoms with Crippen LogP contribution in [0, 0.1) is 0 Å². The molecule has 2 aromatic carbocycles. The average Bonchev–Trinajstić information content (AvgIpc) is 3.13. The standard InChI is InChI=1S/C21H18ClNO5/c1-26-18-9-17(23)16(22)8-15(18)21(25)27-10-13-7-20(24)28-19-6-12-4-2-3-11(12)5-14(13)19/h5-9H,2-4,10,23H2,1H3. The molecular formula is C21H18ClNO5. The van der Waals surface area contributed by atoms with E-state index in [1.165, 1.54) is 36.4 Å². The fraction of sp³-hybridized carbons (Fsp3) is 0.238. The van der Waals surface area contributed by atoms with E-state index in [1.54, 1.807) is 0 Å². The van der Waals surface area contributed by atoms with Crippen LogP contribution in [0.25, 0.3) is 11.0 Å². The number of methoxy groups -OCH3 is 1. The largest absolute Gasteiger partial charge is 0.496 e. The zero-order chi connectivity index (χ0) is 19.8. The summed E-state index contributed by atoms with van der Waals surface area (Å²) in [5.74, 6) is -0.358. The number of halogens is 1. The Kier molecular flexibility index (Phi) is 4.73. The maximum atomic E-state index is 12.6. The van der Waals surface area contributed by atoms with Crippen molar-refractivity contribution in [3.8, 4) is 5.75 Å². The summed E-state index contributed by atoms with van der Waals surface area (Å²) in [7, 11) is 1.43. The number of nitrogen functional groups attached to an aromatic ring is 1. The first-order valence-electron chi connectivity index (χ1n) is 8.85. The lowest BCUT2D eigenvalue weighted by molar-refractivity contribution is 0.0470. The predicted molar refractivity (Wildman–Crippen MR) is 106 cm³/mol. The van der Waals surface area contributed by atoms with Crippen molar-refractivity contribution in [3.63, 3.8) is 0 Å². The first-order valence-corrected chi connectivity index (χ1v) is 9.22. The Bertz CT molecular complexity index is 1150. The van der Waals surface area contributed by atoms with Gasteiger partial charge in [-0.3, -0.25) is 0 Å². The third kappa shape index (κ3) is 3.31. The van der Waals surface area contributed by atoms with Gasteiger partial charge in [0.2, 0.25) is 0 Å². The Labute approximate surface area is 165 Å². The summed E-state index contributed by atoms with van der Waals surface area (Å²) in [6.45, 7) is -0.0785. The van der Waals surface area contributed by atoms with Gasteiger partial charge in [0, 0.05) is 23.1 Å². The van der Waals surface area contributed by atoms with Crippen LogP contribution in [0.1, 0.15) is 33.5 Å². The minimum absolute atomic E-state index is 0.0785. The van der Waals surface area contributed by atoms with Crippen LogP contribution in [0.5, 0.6) is 5.75 Å². The van der Waals surface area contributed by atoms with Gasteiger partial charge in [-0.05, 0) is 48.6 Å². The van der Waals surface area contributed by atoms with Crippen LogP contribution in [-0.2, 0) is 24.2 Å². The molecule has 0 amide bonds. The first kappa shape index (κ1) is 18.4. The molecule has 0 spiro atoms. The highest BCUT2D eigenvalue weighted by molar-refractivity contribution is 6.33. The topological polar surface area (TPSA) is 91.8 Å². The van der Waals surface area contributed by atoms with Gasteiger partial charge in [0.05, 0.1) is 17.8 Å². The van der Waals surface area contributed by atoms with E-state index in [1.807, 2.05) is 12.1 Å². The summed E-state index contributed by atoms with van der Waals surface area (Å²) in [6.07, 6.45) is 3.05. The highest BCUT2D eigenvalue weighted by atomic mass is 35.5. The fourth-order valence-corrected chi connectivity index (χ4v) is 3.70. The highest BCUT2D eigenvalue weighted by Gasteiger charge is 2.19. The zero-order valence-electron chi connectivity index (χ0n) is 15.2. The van der Waals surface area contributed by atoms with Crippen LogP contribution in [-0.4, -0.2) is 13.1 Å². The second-order valence-corrected chi connectivity index (χ2v) is 7.12. The van der Waals surface area contributed by atoms with Gasteiger partial charge in [-0.15, -0.1) is 0 Å². The third-order valence-electron chi connectivity index (χ3n) is 4.94. The van der Waals surface area contributed by atoms with E-state index in [4.69, 9.17) is 31.2 Å². The van der Waals surface area contributed by atoms with Gasteiger partial charge < -0.3 is 19.6 Å². The molecular weight excluding hydrogens is 382 g/mol. The molecule has 4 rings (SSSR count). The number of esters is 1. The van der Waals surface area contributed by atoms with Gasteiger partial charge in [-0.1, -0.05) is 11.6 Å². The molecule has 0 fully saturated rings. The quantitative estimate of drug-likeness (QED) is 0.406. The summed E-state index contributed by atoms with van der Waals surface area (Å²) < 4.78 is 16.0. The lowest BCUT2D eigenvalue weighted by atomic mass is 10.0. The number of carbonyl (C=O) groups is 1. The molecule has 0 atom stereocenters. The SMILES string of the molecule is COc1cc(N)c(Cl)cc1C(=O)OCc1cc(=O)oc2cc3c(cc12)CCC3. The third-order valence-corrected chi connectivity index (χ3v) is 5.27. The Hall–Kier alpha value is -2.99. The summed E-state index contributed by atoms with van der Waals surface area (Å²) >= 11 is 6.01. The Morgan fingerprint density at radius 1 is 1.18 bits per heavy atom. The van der Waals surface area contributed by atoms with E-state index in [9.17, 15) is 9.59 Å². The molecule has 0 saturated carbocycles. The molecule has 0 unspecified atom stereocenters. The molecule has 144 valence electrons. The van der Waals surface area contributed by atoms with Crippen molar-refractivity contribution in [2.75, 3.05) is 12.8 Å². The molecule has 1 aliphatic carbocycles. The molecule has 7 heteroatoms.